The molecular formula is C9H9N3O2. The van der Waals surface area contributed by atoms with Crippen LogP contribution in [-0.4, -0.2) is 15.5 Å². The number of imidazole rings is 1. The smallest absolute Gasteiger partial charge is 0.326 e. The largest absolute Gasteiger partial charge is 0.368 e. The highest BCUT2D eigenvalue weighted by molar-refractivity contribution is 5.79. The number of hydrogen-bond donors (Lipinski definition) is 2. The monoisotopic (exact) mass is 191 g/mol. The summed E-state index contributed by atoms with van der Waals surface area (Å²) in [7, 11) is 0. The van der Waals surface area contributed by atoms with Crippen molar-refractivity contribution in [3.63, 3.8) is 0 Å². The fourth-order valence-electron chi connectivity index (χ4n) is 1.42. The molecule has 1 heterocycles. The van der Waals surface area contributed by atoms with Crippen LogP contribution in [0.4, 0.5) is 0 Å². The summed E-state index contributed by atoms with van der Waals surface area (Å²) in [6.45, 7) is -0.0944. The van der Waals surface area contributed by atoms with Gasteiger partial charge in [-0.2, -0.15) is 0 Å². The van der Waals surface area contributed by atoms with Crippen molar-refractivity contribution in [2.24, 2.45) is 5.73 Å². The Morgan fingerprint density at radius 3 is 2.86 bits per heavy atom. The van der Waals surface area contributed by atoms with Crippen LogP contribution in [-0.2, 0) is 11.3 Å². The molecule has 3 N–H and O–H groups in total. The molecule has 1 aromatic carbocycles. The maximum atomic E-state index is 11.4. The average molecular weight is 191 g/mol. The molecule has 72 valence electrons. The predicted molar refractivity (Wildman–Crippen MR) is 51.8 cm³/mol. The van der Waals surface area contributed by atoms with Crippen molar-refractivity contribution >= 4 is 16.9 Å². The summed E-state index contributed by atoms with van der Waals surface area (Å²) in [5, 5.41) is 0. The van der Waals surface area contributed by atoms with E-state index < -0.39 is 5.91 Å². The molecule has 0 aliphatic carbocycles. The van der Waals surface area contributed by atoms with Crippen LogP contribution in [0.25, 0.3) is 11.0 Å². The fourth-order valence-corrected chi connectivity index (χ4v) is 1.42. The quantitative estimate of drug-likeness (QED) is 0.690. The van der Waals surface area contributed by atoms with Gasteiger partial charge in [0.1, 0.15) is 6.54 Å². The van der Waals surface area contributed by atoms with Crippen LogP contribution in [0.1, 0.15) is 0 Å². The van der Waals surface area contributed by atoms with Gasteiger partial charge < -0.3 is 10.7 Å². The van der Waals surface area contributed by atoms with E-state index in [0.717, 1.165) is 0 Å². The van der Waals surface area contributed by atoms with Gasteiger partial charge in [-0.25, -0.2) is 4.79 Å². The summed E-state index contributed by atoms with van der Waals surface area (Å²) < 4.78 is 1.32. The summed E-state index contributed by atoms with van der Waals surface area (Å²) >= 11 is 0. The molecular weight excluding hydrogens is 182 g/mol. The highest BCUT2D eigenvalue weighted by Gasteiger charge is 2.06. The molecule has 0 aliphatic rings. The number of aromatic amines is 1. The third-order valence-corrected chi connectivity index (χ3v) is 2.00. The highest BCUT2D eigenvalue weighted by atomic mass is 16.2. The number of rotatable bonds is 2. The molecule has 0 saturated heterocycles. The number of nitrogens with zero attached hydrogens (tertiary/aromatic N) is 1. The summed E-state index contributed by atoms with van der Waals surface area (Å²) in [6, 6.07) is 7.14. The van der Waals surface area contributed by atoms with Gasteiger partial charge in [-0.05, 0) is 12.1 Å². The van der Waals surface area contributed by atoms with Crippen molar-refractivity contribution in [1.82, 2.24) is 9.55 Å². The Balaban J connectivity index is 2.68. The van der Waals surface area contributed by atoms with Gasteiger partial charge in [-0.15, -0.1) is 0 Å². The fraction of sp³-hybridized carbons (Fsp3) is 0.111. The topological polar surface area (TPSA) is 80.9 Å². The number of carbonyl (C=O) groups is 1. The molecule has 5 heteroatoms. The SMILES string of the molecule is NC(=O)Cn1c(=O)[nH]c2ccccc21. The van der Waals surface area contributed by atoms with Gasteiger partial charge in [0.25, 0.3) is 0 Å². The second kappa shape index (κ2) is 3.02. The number of aromatic nitrogens is 2. The molecule has 0 radical (unpaired) electrons. The lowest BCUT2D eigenvalue weighted by atomic mass is 10.3. The number of nitrogens with one attached hydrogen (secondary N) is 1. The number of hydrogen-bond acceptors (Lipinski definition) is 2. The van der Waals surface area contributed by atoms with Crippen molar-refractivity contribution in [2.75, 3.05) is 0 Å². The first-order valence-electron chi connectivity index (χ1n) is 4.14. The minimum absolute atomic E-state index is 0.0944. The third-order valence-electron chi connectivity index (χ3n) is 2.00. The van der Waals surface area contributed by atoms with Gasteiger partial charge in [0.2, 0.25) is 5.91 Å². The lowest BCUT2D eigenvalue weighted by molar-refractivity contribution is -0.118. The van der Waals surface area contributed by atoms with Crippen LogP contribution in [0.15, 0.2) is 29.1 Å². The summed E-state index contributed by atoms with van der Waals surface area (Å²) in [4.78, 5) is 24.7. The maximum Gasteiger partial charge on any atom is 0.326 e. The Labute approximate surface area is 79.1 Å². The first-order chi connectivity index (χ1) is 6.68. The molecule has 5 nitrogen and oxygen atoms in total. The zero-order chi connectivity index (χ0) is 10.1. The first-order valence-corrected chi connectivity index (χ1v) is 4.14. The number of benzene rings is 1. The standard InChI is InChI=1S/C9H9N3O2/c10-8(13)5-12-7-4-2-1-3-6(7)11-9(12)14/h1-4H,5H2,(H2,10,13)(H,11,14). The van der Waals surface area contributed by atoms with Crippen molar-refractivity contribution in [3.8, 4) is 0 Å². The van der Waals surface area contributed by atoms with Crippen LogP contribution < -0.4 is 11.4 Å². The highest BCUT2D eigenvalue weighted by Crippen LogP contribution is 2.07. The number of amides is 1. The number of primary amides is 1. The Morgan fingerprint density at radius 1 is 1.43 bits per heavy atom. The number of H-pyrrole nitrogens is 1. The zero-order valence-corrected chi connectivity index (χ0v) is 7.36. The molecule has 0 bridgehead atoms. The van der Waals surface area contributed by atoms with E-state index in [0.29, 0.717) is 11.0 Å². The van der Waals surface area contributed by atoms with E-state index in [4.69, 9.17) is 5.73 Å². The Morgan fingerprint density at radius 2 is 2.14 bits per heavy atom. The van der Waals surface area contributed by atoms with Crippen LogP contribution in [0.2, 0.25) is 0 Å². The van der Waals surface area contributed by atoms with E-state index in [1.54, 1.807) is 18.2 Å². The number of fused-ring (bicyclic) bond motifs is 1. The second-order valence-corrected chi connectivity index (χ2v) is 3.00. The Bertz CT molecular complexity index is 538. The van der Waals surface area contributed by atoms with Gasteiger partial charge in [0.05, 0.1) is 11.0 Å². The van der Waals surface area contributed by atoms with Crippen molar-refractivity contribution in [1.29, 1.82) is 0 Å². The van der Waals surface area contributed by atoms with E-state index >= 15 is 0 Å². The predicted octanol–water partition coefficient (Wildman–Crippen LogP) is -0.185. The molecule has 0 saturated carbocycles. The van der Waals surface area contributed by atoms with E-state index in [2.05, 4.69) is 4.98 Å². The van der Waals surface area contributed by atoms with Gasteiger partial charge in [0.15, 0.2) is 0 Å². The Hall–Kier alpha value is -2.04. The van der Waals surface area contributed by atoms with E-state index in [9.17, 15) is 9.59 Å². The third kappa shape index (κ3) is 1.28. The van der Waals surface area contributed by atoms with E-state index in [-0.39, 0.29) is 12.2 Å². The number of carbonyl (C=O) groups excluding carboxylic acids is 1. The molecule has 0 aliphatic heterocycles. The molecule has 0 spiro atoms. The molecule has 1 amide bonds. The van der Waals surface area contributed by atoms with Crippen LogP contribution in [0.5, 0.6) is 0 Å². The minimum Gasteiger partial charge on any atom is -0.368 e. The lowest BCUT2D eigenvalue weighted by Crippen LogP contribution is -2.26. The Kier molecular flexibility index (Phi) is 1.85. The number of nitrogens with two attached hydrogens (primary N) is 1. The van der Waals surface area contributed by atoms with Gasteiger partial charge in [0, 0.05) is 0 Å². The summed E-state index contributed by atoms with van der Waals surface area (Å²) in [5.74, 6) is -0.531. The zero-order valence-electron chi connectivity index (χ0n) is 7.36. The van der Waals surface area contributed by atoms with E-state index in [1.165, 1.54) is 4.57 Å². The molecule has 2 aromatic rings. The molecule has 2 rings (SSSR count). The molecule has 0 unspecified atom stereocenters. The lowest BCUT2D eigenvalue weighted by Gasteiger charge is -1.97. The van der Waals surface area contributed by atoms with Gasteiger partial charge in [-0.3, -0.25) is 9.36 Å². The molecule has 0 atom stereocenters. The van der Waals surface area contributed by atoms with Crippen LogP contribution in [0, 0.1) is 0 Å². The summed E-state index contributed by atoms with van der Waals surface area (Å²) in [6.07, 6.45) is 0. The second-order valence-electron chi connectivity index (χ2n) is 3.00. The van der Waals surface area contributed by atoms with Gasteiger partial charge >= 0.3 is 5.69 Å². The normalized spacial score (nSPS) is 10.6. The van der Waals surface area contributed by atoms with Crippen molar-refractivity contribution in [3.05, 3.63) is 34.7 Å². The van der Waals surface area contributed by atoms with Crippen molar-refractivity contribution in [2.45, 2.75) is 6.54 Å². The van der Waals surface area contributed by atoms with Crippen LogP contribution >= 0.6 is 0 Å². The average Bonchev–Trinajstić information content (AvgIpc) is 2.43. The maximum absolute atomic E-state index is 11.4. The molecule has 1 aromatic heterocycles. The molecule has 14 heavy (non-hydrogen) atoms. The van der Waals surface area contributed by atoms with Crippen molar-refractivity contribution < 1.29 is 4.79 Å². The number of para-hydroxylation sites is 2. The van der Waals surface area contributed by atoms with Crippen LogP contribution in [0.3, 0.4) is 0 Å². The van der Waals surface area contributed by atoms with Gasteiger partial charge in [-0.1, -0.05) is 12.1 Å². The first kappa shape index (κ1) is 8.55. The molecule has 0 fully saturated rings. The summed E-state index contributed by atoms with van der Waals surface area (Å²) in [5.41, 5.74) is 6.11. The minimum atomic E-state index is -0.531. The van der Waals surface area contributed by atoms with E-state index in [1.807, 2.05) is 6.07 Å².